The summed E-state index contributed by atoms with van der Waals surface area (Å²) >= 11 is 0. The zero-order valence-electron chi connectivity index (χ0n) is 13.8. The van der Waals surface area contributed by atoms with E-state index in [4.69, 9.17) is 0 Å². The molecule has 2 N–H and O–H groups in total. The Kier molecular flexibility index (Phi) is 6.65. The number of aromatic nitrogens is 1. The first kappa shape index (κ1) is 16.7. The van der Waals surface area contributed by atoms with Crippen LogP contribution in [0.25, 0.3) is 0 Å². The van der Waals surface area contributed by atoms with E-state index in [9.17, 15) is 4.79 Å². The van der Waals surface area contributed by atoms with Gasteiger partial charge in [0.25, 0.3) is 0 Å². The number of carbonyl (C=O) groups is 1. The SMILES string of the molecule is CNCC(C)C(=O)NCc1ccc(N2CCCCCC2)nc1. The monoisotopic (exact) mass is 304 g/mol. The fourth-order valence-corrected chi connectivity index (χ4v) is 2.77. The Morgan fingerprint density at radius 2 is 2.00 bits per heavy atom. The molecule has 5 nitrogen and oxygen atoms in total. The Balaban J connectivity index is 1.85. The number of hydrogen-bond acceptors (Lipinski definition) is 4. The lowest BCUT2D eigenvalue weighted by molar-refractivity contribution is -0.124. The van der Waals surface area contributed by atoms with E-state index >= 15 is 0 Å². The van der Waals surface area contributed by atoms with Gasteiger partial charge in [0, 0.05) is 38.3 Å². The first-order valence-electron chi connectivity index (χ1n) is 8.33. The van der Waals surface area contributed by atoms with Gasteiger partial charge in [-0.05, 0) is 31.5 Å². The van der Waals surface area contributed by atoms with Gasteiger partial charge in [-0.15, -0.1) is 0 Å². The van der Waals surface area contributed by atoms with Gasteiger partial charge in [-0.2, -0.15) is 0 Å². The molecule has 2 rings (SSSR count). The molecule has 0 radical (unpaired) electrons. The van der Waals surface area contributed by atoms with E-state index < -0.39 is 0 Å². The van der Waals surface area contributed by atoms with E-state index in [0.717, 1.165) is 24.5 Å². The lowest BCUT2D eigenvalue weighted by Gasteiger charge is -2.21. The molecule has 1 saturated heterocycles. The number of pyridine rings is 1. The average Bonchev–Trinajstić information content (AvgIpc) is 2.82. The van der Waals surface area contributed by atoms with Gasteiger partial charge in [-0.25, -0.2) is 4.98 Å². The lowest BCUT2D eigenvalue weighted by Crippen LogP contribution is -2.33. The van der Waals surface area contributed by atoms with Crippen molar-refractivity contribution in [3.8, 4) is 0 Å². The first-order chi connectivity index (χ1) is 10.7. The Bertz CT molecular complexity index is 452. The standard InChI is InChI=1S/C17H28N4O/c1-14(11-18-2)17(22)20-13-15-7-8-16(19-12-15)21-9-5-3-4-6-10-21/h7-8,12,14,18H,3-6,9-11,13H2,1-2H3,(H,20,22). The number of rotatable bonds is 6. The van der Waals surface area contributed by atoms with Crippen molar-refractivity contribution in [3.05, 3.63) is 23.9 Å². The zero-order valence-corrected chi connectivity index (χ0v) is 13.8. The van der Waals surface area contributed by atoms with E-state index in [1.54, 1.807) is 0 Å². The van der Waals surface area contributed by atoms with Gasteiger partial charge in [-0.3, -0.25) is 4.79 Å². The van der Waals surface area contributed by atoms with Gasteiger partial charge >= 0.3 is 0 Å². The number of amides is 1. The smallest absolute Gasteiger partial charge is 0.224 e. The summed E-state index contributed by atoms with van der Waals surface area (Å²) in [6.45, 7) is 5.36. The molecule has 122 valence electrons. The third-order valence-corrected chi connectivity index (χ3v) is 4.16. The van der Waals surface area contributed by atoms with Crippen LogP contribution in [0.5, 0.6) is 0 Å². The molecule has 1 aromatic heterocycles. The van der Waals surface area contributed by atoms with Crippen molar-refractivity contribution in [3.63, 3.8) is 0 Å². The van der Waals surface area contributed by atoms with E-state index in [1.165, 1.54) is 25.7 Å². The molecule has 0 bridgehead atoms. The molecule has 1 aliphatic heterocycles. The maximum Gasteiger partial charge on any atom is 0.224 e. The van der Waals surface area contributed by atoms with Crippen molar-refractivity contribution in [1.29, 1.82) is 0 Å². The number of nitrogens with one attached hydrogen (secondary N) is 2. The van der Waals surface area contributed by atoms with E-state index in [-0.39, 0.29) is 11.8 Å². The molecule has 0 aliphatic carbocycles. The van der Waals surface area contributed by atoms with Gasteiger partial charge in [0.2, 0.25) is 5.91 Å². The molecule has 1 aromatic rings. The van der Waals surface area contributed by atoms with E-state index in [0.29, 0.717) is 13.1 Å². The molecule has 0 saturated carbocycles. The first-order valence-corrected chi connectivity index (χ1v) is 8.33. The van der Waals surface area contributed by atoms with Crippen molar-refractivity contribution in [2.24, 2.45) is 5.92 Å². The van der Waals surface area contributed by atoms with Crippen molar-refractivity contribution in [1.82, 2.24) is 15.6 Å². The highest BCUT2D eigenvalue weighted by atomic mass is 16.1. The predicted molar refractivity (Wildman–Crippen MR) is 89.9 cm³/mol. The Morgan fingerprint density at radius 1 is 1.27 bits per heavy atom. The van der Waals surface area contributed by atoms with Crippen LogP contribution in [-0.2, 0) is 11.3 Å². The summed E-state index contributed by atoms with van der Waals surface area (Å²) in [4.78, 5) is 18.8. The van der Waals surface area contributed by atoms with Crippen molar-refractivity contribution in [2.45, 2.75) is 39.2 Å². The van der Waals surface area contributed by atoms with Gasteiger partial charge in [0.05, 0.1) is 0 Å². The van der Waals surface area contributed by atoms with Gasteiger partial charge in [0.15, 0.2) is 0 Å². The molecule has 5 heteroatoms. The summed E-state index contributed by atoms with van der Waals surface area (Å²) in [6, 6.07) is 4.14. The van der Waals surface area contributed by atoms with Crippen LogP contribution in [0.2, 0.25) is 0 Å². The second kappa shape index (κ2) is 8.73. The van der Waals surface area contributed by atoms with Crippen molar-refractivity contribution in [2.75, 3.05) is 31.6 Å². The third-order valence-electron chi connectivity index (χ3n) is 4.16. The minimum absolute atomic E-state index is 0.0191. The van der Waals surface area contributed by atoms with Gasteiger partial charge < -0.3 is 15.5 Å². The zero-order chi connectivity index (χ0) is 15.8. The maximum absolute atomic E-state index is 11.9. The van der Waals surface area contributed by atoms with E-state index in [2.05, 4.69) is 32.7 Å². The lowest BCUT2D eigenvalue weighted by atomic mass is 10.1. The molecule has 0 spiro atoms. The van der Waals surface area contributed by atoms with Crippen LogP contribution < -0.4 is 15.5 Å². The molecule has 1 fully saturated rings. The maximum atomic E-state index is 11.9. The number of hydrogen-bond donors (Lipinski definition) is 2. The fourth-order valence-electron chi connectivity index (χ4n) is 2.77. The normalized spacial score (nSPS) is 16.9. The third kappa shape index (κ3) is 4.98. The Hall–Kier alpha value is -1.62. The fraction of sp³-hybridized carbons (Fsp3) is 0.647. The summed E-state index contributed by atoms with van der Waals surface area (Å²) in [5.41, 5.74) is 1.04. The molecular weight excluding hydrogens is 276 g/mol. The minimum atomic E-state index is -0.0191. The Labute approximate surface area is 133 Å². The molecule has 1 amide bonds. The summed E-state index contributed by atoms with van der Waals surface area (Å²) in [7, 11) is 1.86. The molecule has 1 unspecified atom stereocenters. The summed E-state index contributed by atoms with van der Waals surface area (Å²) in [5.74, 6) is 1.11. The van der Waals surface area contributed by atoms with Crippen LogP contribution in [0.4, 0.5) is 5.82 Å². The molecule has 1 aliphatic rings. The highest BCUT2D eigenvalue weighted by molar-refractivity contribution is 5.78. The van der Waals surface area contributed by atoms with E-state index in [1.807, 2.05) is 20.2 Å². The predicted octanol–water partition coefficient (Wildman–Crippen LogP) is 1.93. The highest BCUT2D eigenvalue weighted by Gasteiger charge is 2.12. The quantitative estimate of drug-likeness (QED) is 0.843. The molecule has 22 heavy (non-hydrogen) atoms. The molecule has 0 aromatic carbocycles. The largest absolute Gasteiger partial charge is 0.357 e. The molecule has 1 atom stereocenters. The average molecular weight is 304 g/mol. The molecule has 2 heterocycles. The highest BCUT2D eigenvalue weighted by Crippen LogP contribution is 2.17. The number of carbonyl (C=O) groups excluding carboxylic acids is 1. The minimum Gasteiger partial charge on any atom is -0.357 e. The van der Waals surface area contributed by atoms with Crippen molar-refractivity contribution >= 4 is 11.7 Å². The van der Waals surface area contributed by atoms with Gasteiger partial charge in [0.1, 0.15) is 5.82 Å². The van der Waals surface area contributed by atoms with Crippen LogP contribution in [0, 0.1) is 5.92 Å². The van der Waals surface area contributed by atoms with Gasteiger partial charge in [-0.1, -0.05) is 25.8 Å². The van der Waals surface area contributed by atoms with Crippen LogP contribution in [0.1, 0.15) is 38.2 Å². The van der Waals surface area contributed by atoms with Crippen LogP contribution in [0.3, 0.4) is 0 Å². The Morgan fingerprint density at radius 3 is 2.59 bits per heavy atom. The summed E-state index contributed by atoms with van der Waals surface area (Å²) < 4.78 is 0. The molecular formula is C17H28N4O. The second-order valence-corrected chi connectivity index (χ2v) is 6.10. The number of anilines is 1. The van der Waals surface area contributed by atoms with Crippen molar-refractivity contribution < 1.29 is 4.79 Å². The second-order valence-electron chi connectivity index (χ2n) is 6.10. The van der Waals surface area contributed by atoms with Crippen LogP contribution >= 0.6 is 0 Å². The van der Waals surface area contributed by atoms with Crippen LogP contribution in [-0.4, -0.2) is 37.6 Å². The topological polar surface area (TPSA) is 57.3 Å². The van der Waals surface area contributed by atoms with Crippen LogP contribution in [0.15, 0.2) is 18.3 Å². The number of nitrogens with zero attached hydrogens (tertiary/aromatic N) is 2. The summed E-state index contributed by atoms with van der Waals surface area (Å²) in [6.07, 6.45) is 7.03. The summed E-state index contributed by atoms with van der Waals surface area (Å²) in [5, 5.41) is 5.98.